The van der Waals surface area contributed by atoms with Gasteiger partial charge in [-0.15, -0.1) is 0 Å². The number of hydrogen-bond acceptors (Lipinski definition) is 5. The molecule has 0 aromatic heterocycles. The monoisotopic (exact) mass is 541 g/mol. The number of nitrogens with one attached hydrogen (secondary N) is 2. The van der Waals surface area contributed by atoms with Crippen molar-refractivity contribution in [2.24, 2.45) is 5.92 Å². The maximum absolute atomic E-state index is 12.8. The number of nitrogens with zero attached hydrogens (tertiary/aromatic N) is 1. The largest absolute Gasteiger partial charge is 0.481 e. The number of likely N-dealkylation sites (tertiary alicyclic amines) is 1. The molecule has 1 aliphatic carbocycles. The minimum Gasteiger partial charge on any atom is -0.481 e. The summed E-state index contributed by atoms with van der Waals surface area (Å²) in [7, 11) is 0. The van der Waals surface area contributed by atoms with Crippen LogP contribution in [0.4, 0.5) is 4.79 Å². The fourth-order valence-electron chi connectivity index (χ4n) is 5.82. The van der Waals surface area contributed by atoms with Crippen LogP contribution in [-0.2, 0) is 20.9 Å². The molecule has 1 aliphatic heterocycles. The highest BCUT2D eigenvalue weighted by molar-refractivity contribution is 5.89. The van der Waals surface area contributed by atoms with E-state index in [1.807, 2.05) is 66.7 Å². The molecule has 3 N–H and O–H groups in total. The van der Waals surface area contributed by atoms with Crippen LogP contribution in [0.25, 0.3) is 11.1 Å². The molecule has 1 heterocycles. The first kappa shape index (κ1) is 27.4. The number of hydrogen-bond donors (Lipinski definition) is 3. The van der Waals surface area contributed by atoms with Crippen LogP contribution >= 0.6 is 0 Å². The summed E-state index contributed by atoms with van der Waals surface area (Å²) in [6.07, 6.45) is 0.515. The molecule has 8 nitrogen and oxygen atoms in total. The lowest BCUT2D eigenvalue weighted by molar-refractivity contribution is -0.139. The summed E-state index contributed by atoms with van der Waals surface area (Å²) >= 11 is 0. The molecule has 1 saturated heterocycles. The summed E-state index contributed by atoms with van der Waals surface area (Å²) in [5, 5.41) is 14.6. The fraction of sp³-hybridized carbons (Fsp3) is 0.344. The maximum atomic E-state index is 12.8. The van der Waals surface area contributed by atoms with E-state index in [1.54, 1.807) is 0 Å². The number of carboxylic acid groups (broad SMARTS) is 1. The standard InChI is InChI=1S/C32H35N3O5/c36-30(37)18-29(31(38)33-16-14-23-15-17-35(20-23)19-22-8-2-1-3-9-22)34-32(39)40-21-28-26-12-6-4-10-24(26)25-11-5-7-13-27(25)28/h1-13,23,28-29H,14-21H2,(H,33,38)(H,34,39)(H,36,37). The van der Waals surface area contributed by atoms with Gasteiger partial charge in [0.15, 0.2) is 0 Å². The predicted molar refractivity (Wildman–Crippen MR) is 152 cm³/mol. The van der Waals surface area contributed by atoms with E-state index in [0.717, 1.165) is 54.7 Å². The zero-order valence-electron chi connectivity index (χ0n) is 22.4. The number of rotatable bonds is 11. The van der Waals surface area contributed by atoms with Gasteiger partial charge in [0.05, 0.1) is 6.42 Å². The third-order valence-electron chi connectivity index (χ3n) is 7.80. The number of benzene rings is 3. The van der Waals surface area contributed by atoms with Crippen LogP contribution in [0.5, 0.6) is 0 Å². The smallest absolute Gasteiger partial charge is 0.407 e. The Kier molecular flexibility index (Phi) is 8.76. The Morgan fingerprint density at radius 3 is 2.25 bits per heavy atom. The van der Waals surface area contributed by atoms with Crippen molar-refractivity contribution in [1.82, 2.24) is 15.5 Å². The van der Waals surface area contributed by atoms with Crippen LogP contribution in [0.15, 0.2) is 78.9 Å². The summed E-state index contributed by atoms with van der Waals surface area (Å²) in [5.74, 6) is -1.36. The van der Waals surface area contributed by atoms with E-state index in [2.05, 4.69) is 27.7 Å². The normalized spacial score (nSPS) is 17.1. The first-order valence-corrected chi connectivity index (χ1v) is 13.8. The van der Waals surface area contributed by atoms with E-state index < -0.39 is 30.4 Å². The second kappa shape index (κ2) is 12.8. The van der Waals surface area contributed by atoms with Crippen LogP contribution in [-0.4, -0.2) is 60.3 Å². The van der Waals surface area contributed by atoms with Gasteiger partial charge in [0.1, 0.15) is 12.6 Å². The molecule has 2 aliphatic rings. The molecule has 3 aromatic carbocycles. The second-order valence-electron chi connectivity index (χ2n) is 10.6. The molecule has 5 rings (SSSR count). The number of alkyl carbamates (subject to hydrolysis) is 1. The first-order chi connectivity index (χ1) is 19.5. The number of carboxylic acids is 1. The number of fused-ring (bicyclic) bond motifs is 3. The maximum Gasteiger partial charge on any atom is 0.407 e. The van der Waals surface area contributed by atoms with Crippen molar-refractivity contribution in [1.29, 1.82) is 0 Å². The molecule has 8 heteroatoms. The van der Waals surface area contributed by atoms with Crippen LogP contribution in [0.3, 0.4) is 0 Å². The predicted octanol–water partition coefficient (Wildman–Crippen LogP) is 4.40. The highest BCUT2D eigenvalue weighted by Crippen LogP contribution is 2.44. The minimum atomic E-state index is -1.22. The number of carbonyl (C=O) groups is 3. The first-order valence-electron chi connectivity index (χ1n) is 13.8. The average Bonchev–Trinajstić information content (AvgIpc) is 3.53. The molecule has 0 saturated carbocycles. The van der Waals surface area contributed by atoms with Crippen LogP contribution < -0.4 is 10.6 Å². The fourth-order valence-corrected chi connectivity index (χ4v) is 5.82. The van der Waals surface area contributed by atoms with Crippen LogP contribution in [0.2, 0.25) is 0 Å². The highest BCUT2D eigenvalue weighted by Gasteiger charge is 2.30. The van der Waals surface area contributed by atoms with Crippen molar-refractivity contribution in [3.8, 4) is 11.1 Å². The Morgan fingerprint density at radius 2 is 1.57 bits per heavy atom. The van der Waals surface area contributed by atoms with Gasteiger partial charge in [0.25, 0.3) is 0 Å². The van der Waals surface area contributed by atoms with E-state index >= 15 is 0 Å². The molecule has 0 bridgehead atoms. The number of aliphatic carboxylic acids is 1. The van der Waals surface area contributed by atoms with Crippen molar-refractivity contribution in [3.63, 3.8) is 0 Å². The summed E-state index contributed by atoms with van der Waals surface area (Å²) in [4.78, 5) is 39.3. The van der Waals surface area contributed by atoms with Crippen molar-refractivity contribution >= 4 is 18.0 Å². The minimum absolute atomic E-state index is 0.0857. The van der Waals surface area contributed by atoms with Gasteiger partial charge in [-0.25, -0.2) is 4.79 Å². The van der Waals surface area contributed by atoms with E-state index in [4.69, 9.17) is 4.74 Å². The van der Waals surface area contributed by atoms with Crippen LogP contribution in [0, 0.1) is 5.92 Å². The summed E-state index contributed by atoms with van der Waals surface area (Å²) in [5.41, 5.74) is 5.66. The Labute approximate surface area is 234 Å². The lowest BCUT2D eigenvalue weighted by atomic mass is 9.98. The lowest BCUT2D eigenvalue weighted by Crippen LogP contribution is -2.48. The molecule has 40 heavy (non-hydrogen) atoms. The summed E-state index contributed by atoms with van der Waals surface area (Å²) in [6.45, 7) is 3.39. The quantitative estimate of drug-likeness (QED) is 0.332. The number of ether oxygens (including phenoxy) is 1. The molecule has 0 spiro atoms. The molecule has 208 valence electrons. The Hall–Kier alpha value is -4.17. The van der Waals surface area contributed by atoms with Gasteiger partial charge < -0.3 is 20.5 Å². The van der Waals surface area contributed by atoms with E-state index in [-0.39, 0.29) is 12.5 Å². The molecule has 0 radical (unpaired) electrons. The molecule has 1 fully saturated rings. The Morgan fingerprint density at radius 1 is 0.925 bits per heavy atom. The molecule has 2 atom stereocenters. The van der Waals surface area contributed by atoms with Gasteiger partial charge in [-0.2, -0.15) is 0 Å². The van der Waals surface area contributed by atoms with Crippen molar-refractivity contribution < 1.29 is 24.2 Å². The summed E-state index contributed by atoms with van der Waals surface area (Å²) in [6, 6.07) is 25.1. The van der Waals surface area contributed by atoms with Gasteiger partial charge in [0, 0.05) is 25.6 Å². The topological polar surface area (TPSA) is 108 Å². The zero-order valence-corrected chi connectivity index (χ0v) is 22.4. The zero-order chi connectivity index (χ0) is 27.9. The molecular weight excluding hydrogens is 506 g/mol. The highest BCUT2D eigenvalue weighted by atomic mass is 16.5. The van der Waals surface area contributed by atoms with Gasteiger partial charge >= 0.3 is 12.1 Å². The Balaban J connectivity index is 1.09. The van der Waals surface area contributed by atoms with Crippen molar-refractivity contribution in [3.05, 3.63) is 95.6 Å². The molecule has 2 unspecified atom stereocenters. The molecule has 2 amide bonds. The Bertz CT molecular complexity index is 1300. The number of carbonyl (C=O) groups excluding carboxylic acids is 2. The van der Waals surface area contributed by atoms with Crippen molar-refractivity contribution in [2.75, 3.05) is 26.2 Å². The van der Waals surface area contributed by atoms with Gasteiger partial charge in [0.2, 0.25) is 5.91 Å². The van der Waals surface area contributed by atoms with Crippen molar-refractivity contribution in [2.45, 2.75) is 37.8 Å². The van der Waals surface area contributed by atoms with Gasteiger partial charge in [-0.1, -0.05) is 78.9 Å². The van der Waals surface area contributed by atoms with E-state index in [0.29, 0.717) is 12.5 Å². The van der Waals surface area contributed by atoms with E-state index in [9.17, 15) is 19.5 Å². The lowest BCUT2D eigenvalue weighted by Gasteiger charge is -2.19. The summed E-state index contributed by atoms with van der Waals surface area (Å²) < 4.78 is 5.52. The SMILES string of the molecule is O=C(O)CC(NC(=O)OCC1c2ccccc2-c2ccccc21)C(=O)NCCC1CCN(Cc2ccccc2)C1. The second-order valence-corrected chi connectivity index (χ2v) is 10.6. The molecule has 3 aromatic rings. The number of amides is 2. The van der Waals surface area contributed by atoms with Crippen LogP contribution in [0.1, 0.15) is 41.9 Å². The average molecular weight is 542 g/mol. The third-order valence-corrected chi connectivity index (χ3v) is 7.80. The van der Waals surface area contributed by atoms with Gasteiger partial charge in [-0.3, -0.25) is 14.5 Å². The van der Waals surface area contributed by atoms with E-state index in [1.165, 1.54) is 5.56 Å². The van der Waals surface area contributed by atoms with Gasteiger partial charge in [-0.05, 0) is 53.1 Å². The molecular formula is C32H35N3O5. The third kappa shape index (κ3) is 6.69.